The molecule has 3 heteroatoms. The number of hydrogen-bond donors (Lipinski definition) is 1. The summed E-state index contributed by atoms with van der Waals surface area (Å²) in [6.45, 7) is 2.00. The first kappa shape index (κ1) is 10.7. The molecule has 0 heterocycles. The Morgan fingerprint density at radius 3 is 2.71 bits per heavy atom. The summed E-state index contributed by atoms with van der Waals surface area (Å²) in [5.74, 6) is -0.367. The highest BCUT2D eigenvalue weighted by molar-refractivity contribution is 5.75. The summed E-state index contributed by atoms with van der Waals surface area (Å²) in [5.41, 5.74) is 7.89. The monoisotopic (exact) mass is 193 g/mol. The van der Waals surface area contributed by atoms with E-state index in [2.05, 4.69) is 4.74 Å². The van der Waals surface area contributed by atoms with Gasteiger partial charge in [0.15, 0.2) is 0 Å². The minimum absolute atomic E-state index is 0.367. The van der Waals surface area contributed by atoms with Crippen molar-refractivity contribution in [1.29, 1.82) is 0 Å². The van der Waals surface area contributed by atoms with Crippen LogP contribution in [0.15, 0.2) is 24.3 Å². The molecule has 0 unspecified atom stereocenters. The maximum atomic E-state index is 11.1. The summed E-state index contributed by atoms with van der Waals surface area (Å²) < 4.78 is 4.56. The Labute approximate surface area is 83.9 Å². The van der Waals surface area contributed by atoms with E-state index in [0.717, 1.165) is 11.1 Å². The van der Waals surface area contributed by atoms with Gasteiger partial charge < -0.3 is 10.5 Å². The molecule has 1 aromatic rings. The molecule has 0 amide bonds. The van der Waals surface area contributed by atoms with Gasteiger partial charge in [0.25, 0.3) is 0 Å². The third kappa shape index (κ3) is 2.57. The largest absolute Gasteiger partial charge is 0.468 e. The lowest BCUT2D eigenvalue weighted by Crippen LogP contribution is -2.33. The van der Waals surface area contributed by atoms with Crippen molar-refractivity contribution in [2.24, 2.45) is 5.73 Å². The maximum Gasteiger partial charge on any atom is 0.322 e. The molecular weight excluding hydrogens is 178 g/mol. The van der Waals surface area contributed by atoms with Crippen molar-refractivity contribution in [1.82, 2.24) is 0 Å². The fourth-order valence-corrected chi connectivity index (χ4v) is 1.31. The zero-order valence-electron chi connectivity index (χ0n) is 8.49. The topological polar surface area (TPSA) is 52.3 Å². The van der Waals surface area contributed by atoms with Gasteiger partial charge in [-0.15, -0.1) is 0 Å². The van der Waals surface area contributed by atoms with E-state index in [-0.39, 0.29) is 5.97 Å². The lowest BCUT2D eigenvalue weighted by atomic mass is 10.0. The molecule has 2 N–H and O–H groups in total. The molecule has 0 bridgehead atoms. The normalized spacial score (nSPS) is 12.2. The fourth-order valence-electron chi connectivity index (χ4n) is 1.31. The lowest BCUT2D eigenvalue weighted by molar-refractivity contribution is -0.142. The number of benzene rings is 1. The highest BCUT2D eigenvalue weighted by atomic mass is 16.5. The number of hydrogen-bond acceptors (Lipinski definition) is 3. The molecule has 0 aromatic heterocycles. The van der Waals surface area contributed by atoms with Crippen LogP contribution in [0.5, 0.6) is 0 Å². The Morgan fingerprint density at radius 1 is 1.50 bits per heavy atom. The Hall–Kier alpha value is -1.35. The number of ether oxygens (including phenoxy) is 1. The van der Waals surface area contributed by atoms with E-state index in [9.17, 15) is 4.79 Å². The first-order chi connectivity index (χ1) is 6.65. The van der Waals surface area contributed by atoms with Crippen LogP contribution < -0.4 is 5.73 Å². The summed E-state index contributed by atoms with van der Waals surface area (Å²) in [4.78, 5) is 11.1. The molecular formula is C11H15NO2. The van der Waals surface area contributed by atoms with E-state index in [1.54, 1.807) is 0 Å². The van der Waals surface area contributed by atoms with Gasteiger partial charge in [-0.2, -0.15) is 0 Å². The highest BCUT2D eigenvalue weighted by Gasteiger charge is 2.14. The number of carbonyl (C=O) groups is 1. The number of rotatable bonds is 3. The van der Waals surface area contributed by atoms with Gasteiger partial charge in [0.05, 0.1) is 7.11 Å². The van der Waals surface area contributed by atoms with Crippen LogP contribution >= 0.6 is 0 Å². The van der Waals surface area contributed by atoms with Crippen molar-refractivity contribution in [2.45, 2.75) is 19.4 Å². The molecule has 0 saturated carbocycles. The standard InChI is InChI=1S/C11H15NO2/c1-8-5-3-4-6-9(8)7-10(12)11(13)14-2/h3-6,10H,7,12H2,1-2H3/t10-/m1/s1. The van der Waals surface area contributed by atoms with Crippen LogP contribution in [-0.4, -0.2) is 19.1 Å². The fraction of sp³-hybridized carbons (Fsp3) is 0.364. The summed E-state index contributed by atoms with van der Waals surface area (Å²) in [5, 5.41) is 0. The molecule has 1 rings (SSSR count). The molecule has 0 spiro atoms. The van der Waals surface area contributed by atoms with E-state index >= 15 is 0 Å². The Morgan fingerprint density at radius 2 is 2.14 bits per heavy atom. The average Bonchev–Trinajstić information content (AvgIpc) is 2.20. The van der Waals surface area contributed by atoms with Gasteiger partial charge in [0.1, 0.15) is 6.04 Å². The van der Waals surface area contributed by atoms with Crippen LogP contribution in [0, 0.1) is 6.92 Å². The molecule has 0 aliphatic rings. The van der Waals surface area contributed by atoms with Crippen LogP contribution in [-0.2, 0) is 16.0 Å². The molecule has 0 radical (unpaired) electrons. The molecule has 0 aliphatic carbocycles. The Balaban J connectivity index is 2.69. The molecule has 1 atom stereocenters. The number of methoxy groups -OCH3 is 1. The van der Waals surface area contributed by atoms with Crippen molar-refractivity contribution in [2.75, 3.05) is 7.11 Å². The second-order valence-electron chi connectivity index (χ2n) is 3.26. The lowest BCUT2D eigenvalue weighted by Gasteiger charge is -2.10. The zero-order chi connectivity index (χ0) is 10.6. The van der Waals surface area contributed by atoms with E-state index in [1.165, 1.54) is 7.11 Å². The third-order valence-corrected chi connectivity index (χ3v) is 2.21. The minimum Gasteiger partial charge on any atom is -0.468 e. The summed E-state index contributed by atoms with van der Waals surface area (Å²) in [7, 11) is 1.35. The van der Waals surface area contributed by atoms with Crippen molar-refractivity contribution < 1.29 is 9.53 Å². The van der Waals surface area contributed by atoms with Crippen LogP contribution in [0.2, 0.25) is 0 Å². The first-order valence-corrected chi connectivity index (χ1v) is 4.53. The van der Waals surface area contributed by atoms with Crippen molar-refractivity contribution >= 4 is 5.97 Å². The Bertz CT molecular complexity index is 323. The van der Waals surface area contributed by atoms with E-state index < -0.39 is 6.04 Å². The predicted molar refractivity (Wildman–Crippen MR) is 54.9 cm³/mol. The SMILES string of the molecule is COC(=O)[C@H](N)Cc1ccccc1C. The molecule has 76 valence electrons. The van der Waals surface area contributed by atoms with Gasteiger partial charge in [0.2, 0.25) is 0 Å². The third-order valence-electron chi connectivity index (χ3n) is 2.21. The van der Waals surface area contributed by atoms with Gasteiger partial charge in [-0.1, -0.05) is 24.3 Å². The van der Waals surface area contributed by atoms with Crippen LogP contribution in [0.1, 0.15) is 11.1 Å². The molecule has 0 fully saturated rings. The zero-order valence-corrected chi connectivity index (χ0v) is 8.49. The Kier molecular flexibility index (Phi) is 3.65. The van der Waals surface area contributed by atoms with E-state index in [4.69, 9.17) is 5.73 Å². The summed E-state index contributed by atoms with van der Waals surface area (Å²) in [6.07, 6.45) is 0.527. The molecule has 3 nitrogen and oxygen atoms in total. The van der Waals surface area contributed by atoms with E-state index in [0.29, 0.717) is 6.42 Å². The van der Waals surface area contributed by atoms with Gasteiger partial charge in [-0.25, -0.2) is 0 Å². The number of nitrogens with two attached hydrogens (primary N) is 1. The van der Waals surface area contributed by atoms with Gasteiger partial charge in [-0.3, -0.25) is 4.79 Å². The van der Waals surface area contributed by atoms with Crippen LogP contribution in [0.4, 0.5) is 0 Å². The highest BCUT2D eigenvalue weighted by Crippen LogP contribution is 2.09. The second kappa shape index (κ2) is 4.77. The molecule has 14 heavy (non-hydrogen) atoms. The average molecular weight is 193 g/mol. The summed E-state index contributed by atoms with van der Waals surface area (Å²) >= 11 is 0. The molecule has 0 saturated heterocycles. The number of aryl methyl sites for hydroxylation is 1. The minimum atomic E-state index is -0.568. The molecule has 0 aliphatic heterocycles. The predicted octanol–water partition coefficient (Wildman–Crippen LogP) is 1.04. The van der Waals surface area contributed by atoms with E-state index in [1.807, 2.05) is 31.2 Å². The first-order valence-electron chi connectivity index (χ1n) is 4.53. The van der Waals surface area contributed by atoms with Crippen molar-refractivity contribution in [3.05, 3.63) is 35.4 Å². The van der Waals surface area contributed by atoms with Gasteiger partial charge in [-0.05, 0) is 24.5 Å². The number of esters is 1. The van der Waals surface area contributed by atoms with Crippen LogP contribution in [0.3, 0.4) is 0 Å². The van der Waals surface area contributed by atoms with Crippen LogP contribution in [0.25, 0.3) is 0 Å². The molecule has 1 aromatic carbocycles. The van der Waals surface area contributed by atoms with Gasteiger partial charge in [0, 0.05) is 0 Å². The van der Waals surface area contributed by atoms with Gasteiger partial charge >= 0.3 is 5.97 Å². The van der Waals surface area contributed by atoms with Crippen molar-refractivity contribution in [3.8, 4) is 0 Å². The van der Waals surface area contributed by atoms with Crippen molar-refractivity contribution in [3.63, 3.8) is 0 Å². The quantitative estimate of drug-likeness (QED) is 0.730. The summed E-state index contributed by atoms with van der Waals surface area (Å²) in [6, 6.07) is 7.30. The maximum absolute atomic E-state index is 11.1. The smallest absolute Gasteiger partial charge is 0.322 e. The second-order valence-corrected chi connectivity index (χ2v) is 3.26. The number of carbonyl (C=O) groups excluding carboxylic acids is 1.